The number of aromatic hydroxyl groups is 1. The molecule has 82 valence electrons. The molecule has 0 fully saturated rings. The molecule has 3 nitrogen and oxygen atoms in total. The Morgan fingerprint density at radius 3 is 2.56 bits per heavy atom. The van der Waals surface area contributed by atoms with Crippen LogP contribution in [0.25, 0.3) is 11.3 Å². The number of hydrogen-bond acceptors (Lipinski definition) is 3. The molecule has 0 saturated carbocycles. The van der Waals surface area contributed by atoms with Gasteiger partial charge in [0.15, 0.2) is 12.0 Å². The van der Waals surface area contributed by atoms with Crippen LogP contribution in [0.3, 0.4) is 0 Å². The summed E-state index contributed by atoms with van der Waals surface area (Å²) in [7, 11) is 0. The minimum absolute atomic E-state index is 0.201. The maximum absolute atomic E-state index is 10.5. The van der Waals surface area contributed by atoms with E-state index in [0.717, 1.165) is 11.1 Å². The van der Waals surface area contributed by atoms with E-state index in [4.69, 9.17) is 4.42 Å². The highest BCUT2D eigenvalue weighted by Crippen LogP contribution is 2.34. The summed E-state index contributed by atoms with van der Waals surface area (Å²) in [6.45, 7) is 3.77. The van der Waals surface area contributed by atoms with Crippen LogP contribution in [0.2, 0.25) is 0 Å². The van der Waals surface area contributed by atoms with Crippen LogP contribution in [-0.4, -0.2) is 11.4 Å². The van der Waals surface area contributed by atoms with E-state index in [1.165, 1.54) is 0 Å². The molecule has 0 bridgehead atoms. The molecule has 0 amide bonds. The van der Waals surface area contributed by atoms with Gasteiger partial charge in [-0.1, -0.05) is 6.07 Å². The van der Waals surface area contributed by atoms with Crippen LogP contribution in [0.1, 0.15) is 21.7 Å². The predicted molar refractivity (Wildman–Crippen MR) is 60.7 cm³/mol. The number of aryl methyl sites for hydroxylation is 1. The summed E-state index contributed by atoms with van der Waals surface area (Å²) in [5.74, 6) is 0.960. The number of hydrogen-bond donors (Lipinski definition) is 1. The number of carbonyl (C=O) groups is 1. The maximum Gasteiger partial charge on any atom is 0.185 e. The first kappa shape index (κ1) is 10.5. The van der Waals surface area contributed by atoms with Crippen LogP contribution in [0.4, 0.5) is 0 Å². The second-order valence-electron chi connectivity index (χ2n) is 3.72. The molecule has 0 aliphatic heterocycles. The molecule has 1 aromatic carbocycles. The molecule has 16 heavy (non-hydrogen) atoms. The number of phenols is 1. The highest BCUT2D eigenvalue weighted by Gasteiger charge is 2.11. The Hall–Kier alpha value is -2.03. The third-order valence-electron chi connectivity index (χ3n) is 2.71. The average Bonchev–Trinajstić information content (AvgIpc) is 2.74. The van der Waals surface area contributed by atoms with Gasteiger partial charge in [-0.25, -0.2) is 0 Å². The highest BCUT2D eigenvalue weighted by molar-refractivity contribution is 5.75. The molecule has 1 aromatic heterocycles. The number of rotatable bonds is 2. The van der Waals surface area contributed by atoms with Crippen molar-refractivity contribution in [3.63, 3.8) is 0 Å². The lowest BCUT2D eigenvalue weighted by Gasteiger charge is -2.07. The molecule has 0 aliphatic carbocycles. The quantitative estimate of drug-likeness (QED) is 0.785. The fourth-order valence-electron chi connectivity index (χ4n) is 1.56. The number of carbonyl (C=O) groups excluding carboxylic acids is 1. The van der Waals surface area contributed by atoms with Gasteiger partial charge in [0.05, 0.1) is 5.56 Å². The molecule has 0 atom stereocenters. The van der Waals surface area contributed by atoms with Crippen LogP contribution in [0.5, 0.6) is 5.75 Å². The zero-order valence-electron chi connectivity index (χ0n) is 9.15. The van der Waals surface area contributed by atoms with Crippen molar-refractivity contribution in [3.8, 4) is 17.1 Å². The van der Waals surface area contributed by atoms with Gasteiger partial charge in [-0.15, -0.1) is 0 Å². The second-order valence-corrected chi connectivity index (χ2v) is 3.72. The van der Waals surface area contributed by atoms with Crippen LogP contribution >= 0.6 is 0 Å². The van der Waals surface area contributed by atoms with Crippen LogP contribution in [-0.2, 0) is 0 Å². The zero-order valence-corrected chi connectivity index (χ0v) is 9.15. The lowest BCUT2D eigenvalue weighted by Crippen LogP contribution is -1.85. The minimum Gasteiger partial charge on any atom is -0.507 e. The van der Waals surface area contributed by atoms with Gasteiger partial charge in [-0.3, -0.25) is 4.79 Å². The number of benzene rings is 1. The van der Waals surface area contributed by atoms with Gasteiger partial charge in [0.2, 0.25) is 0 Å². The van der Waals surface area contributed by atoms with Crippen molar-refractivity contribution in [2.75, 3.05) is 0 Å². The van der Waals surface area contributed by atoms with Crippen molar-refractivity contribution in [2.24, 2.45) is 0 Å². The smallest absolute Gasteiger partial charge is 0.185 e. The van der Waals surface area contributed by atoms with Crippen molar-refractivity contribution in [1.82, 2.24) is 0 Å². The second kappa shape index (κ2) is 3.85. The molecule has 0 spiro atoms. The zero-order chi connectivity index (χ0) is 11.7. The largest absolute Gasteiger partial charge is 0.507 e. The molecule has 2 rings (SSSR count). The first-order chi connectivity index (χ1) is 7.63. The fraction of sp³-hybridized carbons (Fsp3) is 0.154. The molecular weight excluding hydrogens is 204 g/mol. The van der Waals surface area contributed by atoms with Crippen LogP contribution in [0, 0.1) is 13.8 Å². The van der Waals surface area contributed by atoms with Crippen molar-refractivity contribution in [2.45, 2.75) is 13.8 Å². The fourth-order valence-corrected chi connectivity index (χ4v) is 1.56. The van der Waals surface area contributed by atoms with Gasteiger partial charge in [-0.2, -0.15) is 0 Å². The van der Waals surface area contributed by atoms with Gasteiger partial charge in [0.1, 0.15) is 11.5 Å². The number of aldehydes is 1. The summed E-state index contributed by atoms with van der Waals surface area (Å²) >= 11 is 0. The van der Waals surface area contributed by atoms with Gasteiger partial charge in [0.25, 0.3) is 0 Å². The van der Waals surface area contributed by atoms with Crippen LogP contribution < -0.4 is 0 Å². The van der Waals surface area contributed by atoms with E-state index in [0.29, 0.717) is 17.6 Å². The third kappa shape index (κ3) is 1.60. The molecule has 1 N–H and O–H groups in total. The summed E-state index contributed by atoms with van der Waals surface area (Å²) in [6.07, 6.45) is 0.640. The number of phenolic OH excluding ortho intramolecular Hbond substituents is 1. The summed E-state index contributed by atoms with van der Waals surface area (Å²) < 4.78 is 5.27. The minimum atomic E-state index is 0.201. The molecule has 0 saturated heterocycles. The Morgan fingerprint density at radius 1 is 1.19 bits per heavy atom. The van der Waals surface area contributed by atoms with Gasteiger partial charge < -0.3 is 9.52 Å². The van der Waals surface area contributed by atoms with Gasteiger partial charge in [-0.05, 0) is 43.2 Å². The normalized spacial score (nSPS) is 10.4. The average molecular weight is 216 g/mol. The Kier molecular flexibility index (Phi) is 2.52. The van der Waals surface area contributed by atoms with Gasteiger partial charge >= 0.3 is 0 Å². The Balaban J connectivity index is 2.56. The monoisotopic (exact) mass is 216 g/mol. The molecule has 0 aliphatic rings. The Labute approximate surface area is 93.3 Å². The van der Waals surface area contributed by atoms with E-state index < -0.39 is 0 Å². The topological polar surface area (TPSA) is 50.4 Å². The molecule has 0 radical (unpaired) electrons. The summed E-state index contributed by atoms with van der Waals surface area (Å²) in [6, 6.07) is 6.95. The Morgan fingerprint density at radius 2 is 1.94 bits per heavy atom. The first-order valence-corrected chi connectivity index (χ1v) is 4.98. The highest BCUT2D eigenvalue weighted by atomic mass is 16.3. The van der Waals surface area contributed by atoms with E-state index in [2.05, 4.69) is 0 Å². The summed E-state index contributed by atoms with van der Waals surface area (Å²) in [5, 5.41) is 9.97. The van der Waals surface area contributed by atoms with E-state index in [-0.39, 0.29) is 11.5 Å². The van der Waals surface area contributed by atoms with Crippen molar-refractivity contribution in [3.05, 3.63) is 41.2 Å². The third-order valence-corrected chi connectivity index (χ3v) is 2.71. The van der Waals surface area contributed by atoms with Crippen LogP contribution in [0.15, 0.2) is 28.7 Å². The maximum atomic E-state index is 10.5. The molecule has 1 heterocycles. The Bertz CT molecular complexity index is 538. The van der Waals surface area contributed by atoms with Crippen molar-refractivity contribution >= 4 is 6.29 Å². The number of furan rings is 1. The van der Waals surface area contributed by atoms with E-state index in [1.54, 1.807) is 18.2 Å². The van der Waals surface area contributed by atoms with E-state index >= 15 is 0 Å². The lowest BCUT2D eigenvalue weighted by atomic mass is 10.0. The molecule has 3 heteroatoms. The summed E-state index contributed by atoms with van der Waals surface area (Å²) in [5.41, 5.74) is 2.45. The van der Waals surface area contributed by atoms with Gasteiger partial charge in [0, 0.05) is 0 Å². The predicted octanol–water partition coefficient (Wildman–Crippen LogP) is 3.08. The van der Waals surface area contributed by atoms with E-state index in [1.807, 2.05) is 19.9 Å². The molecular formula is C13H12O3. The first-order valence-electron chi connectivity index (χ1n) is 4.98. The summed E-state index contributed by atoms with van der Waals surface area (Å²) in [4.78, 5) is 10.5. The van der Waals surface area contributed by atoms with Crippen molar-refractivity contribution < 1.29 is 14.3 Å². The standard InChI is InChI=1S/C13H12O3/c1-8-3-5-11(13(15)9(8)2)12-6-4-10(7-14)16-12/h3-7,15H,1-2H3. The van der Waals surface area contributed by atoms with E-state index in [9.17, 15) is 9.90 Å². The lowest BCUT2D eigenvalue weighted by molar-refractivity contribution is 0.110. The molecule has 2 aromatic rings. The molecule has 0 unspecified atom stereocenters. The SMILES string of the molecule is Cc1ccc(-c2ccc(C=O)o2)c(O)c1C. The van der Waals surface area contributed by atoms with Crippen molar-refractivity contribution in [1.29, 1.82) is 0 Å².